The van der Waals surface area contributed by atoms with E-state index in [-0.39, 0.29) is 10.8 Å². The summed E-state index contributed by atoms with van der Waals surface area (Å²) in [7, 11) is -3.74. The Labute approximate surface area is 174 Å². The van der Waals surface area contributed by atoms with Crippen LogP contribution in [0.25, 0.3) is 17.0 Å². The number of fused-ring (bicyclic) bond motifs is 1. The van der Waals surface area contributed by atoms with Crippen LogP contribution in [0.3, 0.4) is 0 Å². The summed E-state index contributed by atoms with van der Waals surface area (Å²) >= 11 is 0. The van der Waals surface area contributed by atoms with Crippen LogP contribution < -0.4 is 10.0 Å². The lowest BCUT2D eigenvalue weighted by Gasteiger charge is -2.09. The van der Waals surface area contributed by atoms with E-state index in [0.717, 1.165) is 22.9 Å². The van der Waals surface area contributed by atoms with Gasteiger partial charge in [0.25, 0.3) is 10.0 Å². The van der Waals surface area contributed by atoms with Gasteiger partial charge in [0.1, 0.15) is 5.84 Å². The van der Waals surface area contributed by atoms with Crippen LogP contribution in [0.5, 0.6) is 0 Å². The third-order valence-electron chi connectivity index (χ3n) is 4.62. The summed E-state index contributed by atoms with van der Waals surface area (Å²) in [5.41, 5.74) is 2.01. The quantitative estimate of drug-likeness (QED) is 0.618. The van der Waals surface area contributed by atoms with Crippen molar-refractivity contribution in [2.75, 3.05) is 11.9 Å². The maximum absolute atomic E-state index is 12.5. The molecule has 2 heterocycles. The largest absolute Gasteiger partial charge is 0.322 e. The third-order valence-corrected chi connectivity index (χ3v) is 6.00. The molecule has 7 nitrogen and oxygen atoms in total. The number of benzene rings is 2. The van der Waals surface area contributed by atoms with E-state index in [2.05, 4.69) is 20.0 Å². The fourth-order valence-corrected chi connectivity index (χ4v) is 4.32. The maximum atomic E-state index is 12.5. The highest BCUT2D eigenvalue weighted by atomic mass is 32.2. The van der Waals surface area contributed by atoms with Crippen molar-refractivity contribution in [3.63, 3.8) is 0 Å². The lowest BCUT2D eigenvalue weighted by Crippen LogP contribution is -2.29. The molecule has 0 saturated carbocycles. The number of sulfonamides is 1. The zero-order valence-corrected chi connectivity index (χ0v) is 16.9. The number of nitrogens with zero attached hydrogens (tertiary/aromatic N) is 2. The van der Waals surface area contributed by atoms with Gasteiger partial charge in [-0.2, -0.15) is 0 Å². The zero-order chi connectivity index (χ0) is 21.0. The van der Waals surface area contributed by atoms with Gasteiger partial charge in [0.2, 0.25) is 5.91 Å². The molecule has 1 amide bonds. The van der Waals surface area contributed by atoms with E-state index in [1.54, 1.807) is 24.4 Å². The van der Waals surface area contributed by atoms with E-state index in [9.17, 15) is 13.2 Å². The summed E-state index contributed by atoms with van der Waals surface area (Å²) in [4.78, 5) is 20.9. The highest BCUT2D eigenvalue weighted by Crippen LogP contribution is 2.18. The molecule has 3 aromatic rings. The first-order valence-corrected chi connectivity index (χ1v) is 11.0. The number of aliphatic imine (C=N–C) groups is 1. The van der Waals surface area contributed by atoms with Crippen molar-refractivity contribution in [2.45, 2.75) is 17.7 Å². The van der Waals surface area contributed by atoms with Crippen molar-refractivity contribution in [3.05, 3.63) is 72.4 Å². The fourth-order valence-electron chi connectivity index (χ4n) is 3.19. The smallest absolute Gasteiger partial charge is 0.262 e. The molecule has 30 heavy (non-hydrogen) atoms. The van der Waals surface area contributed by atoms with E-state index in [4.69, 9.17) is 0 Å². The van der Waals surface area contributed by atoms with Gasteiger partial charge in [-0.05, 0) is 36.8 Å². The predicted molar refractivity (Wildman–Crippen MR) is 118 cm³/mol. The Balaban J connectivity index is 1.48. The van der Waals surface area contributed by atoms with Crippen LogP contribution in [0.4, 0.5) is 5.69 Å². The third kappa shape index (κ3) is 4.55. The minimum atomic E-state index is -3.74. The molecule has 0 aliphatic carbocycles. The molecule has 152 valence electrons. The van der Waals surface area contributed by atoms with Crippen molar-refractivity contribution in [1.82, 2.24) is 9.71 Å². The van der Waals surface area contributed by atoms with Gasteiger partial charge in [0.15, 0.2) is 0 Å². The summed E-state index contributed by atoms with van der Waals surface area (Å²) in [5.74, 6) is 0.0988. The summed E-state index contributed by atoms with van der Waals surface area (Å²) in [6.45, 7) is 0.631. The van der Waals surface area contributed by atoms with Gasteiger partial charge in [-0.15, -0.1) is 0 Å². The molecular formula is C22H20N4O3S. The van der Waals surface area contributed by atoms with E-state index in [0.29, 0.717) is 24.5 Å². The summed E-state index contributed by atoms with van der Waals surface area (Å²) in [6, 6.07) is 15.7. The second-order valence-electron chi connectivity index (χ2n) is 6.81. The number of amides is 1. The molecule has 4 rings (SSSR count). The lowest BCUT2D eigenvalue weighted by atomic mass is 10.1. The Morgan fingerprint density at radius 1 is 1.07 bits per heavy atom. The van der Waals surface area contributed by atoms with Crippen molar-refractivity contribution in [3.8, 4) is 0 Å². The van der Waals surface area contributed by atoms with Crippen LogP contribution in [0.1, 0.15) is 18.4 Å². The van der Waals surface area contributed by atoms with Gasteiger partial charge in [0.05, 0.1) is 10.4 Å². The molecule has 0 bridgehead atoms. The SMILES string of the molecule is O=C(/C=C/c1cccc2cccnc12)Nc1cccc(S(=O)(=O)NC2=NCCC2)c1. The molecule has 2 aromatic carbocycles. The average Bonchev–Trinajstić information content (AvgIpc) is 3.25. The molecule has 0 unspecified atom stereocenters. The first-order valence-electron chi connectivity index (χ1n) is 9.50. The van der Waals surface area contributed by atoms with Crippen molar-refractivity contribution in [1.29, 1.82) is 0 Å². The Morgan fingerprint density at radius 2 is 1.90 bits per heavy atom. The monoisotopic (exact) mass is 420 g/mol. The highest BCUT2D eigenvalue weighted by Gasteiger charge is 2.18. The van der Waals surface area contributed by atoms with Crippen LogP contribution >= 0.6 is 0 Å². The zero-order valence-electron chi connectivity index (χ0n) is 16.1. The number of rotatable bonds is 5. The minimum absolute atomic E-state index is 0.0668. The lowest BCUT2D eigenvalue weighted by molar-refractivity contribution is -0.111. The van der Waals surface area contributed by atoms with Crippen molar-refractivity contribution in [2.24, 2.45) is 4.99 Å². The van der Waals surface area contributed by atoms with Crippen molar-refractivity contribution >= 4 is 44.4 Å². The second-order valence-corrected chi connectivity index (χ2v) is 8.49. The van der Waals surface area contributed by atoms with Crippen molar-refractivity contribution < 1.29 is 13.2 Å². The molecule has 0 radical (unpaired) electrons. The topological polar surface area (TPSA) is 101 Å². The average molecular weight is 420 g/mol. The molecule has 0 spiro atoms. The van der Waals surface area contributed by atoms with E-state index in [1.165, 1.54) is 18.2 Å². The van der Waals surface area contributed by atoms with Crippen LogP contribution in [-0.4, -0.2) is 31.7 Å². The van der Waals surface area contributed by atoms with Gasteiger partial charge in [0, 0.05) is 41.9 Å². The van der Waals surface area contributed by atoms with Crippen LogP contribution in [-0.2, 0) is 14.8 Å². The van der Waals surface area contributed by atoms with Gasteiger partial charge in [-0.3, -0.25) is 19.5 Å². The number of hydrogen-bond donors (Lipinski definition) is 2. The molecule has 0 saturated heterocycles. The van der Waals surface area contributed by atoms with E-state index in [1.807, 2.05) is 30.3 Å². The molecular weight excluding hydrogens is 400 g/mol. The number of hydrogen-bond acceptors (Lipinski definition) is 5. The van der Waals surface area contributed by atoms with Crippen LogP contribution in [0.15, 0.2) is 76.8 Å². The normalized spacial score (nSPS) is 14.1. The Hall–Kier alpha value is -3.52. The standard InChI is InChI=1S/C22H20N4O3S/c27-21(12-11-17-6-1-5-16-7-3-14-24-22(16)17)25-18-8-2-9-19(15-18)30(28,29)26-20-10-4-13-23-20/h1-3,5-9,11-12,14-15H,4,10,13H2,(H,23,26)(H,25,27)/b12-11+. The Kier molecular flexibility index (Phi) is 5.58. The van der Waals surface area contributed by atoms with E-state index >= 15 is 0 Å². The maximum Gasteiger partial charge on any atom is 0.262 e. The van der Waals surface area contributed by atoms with Gasteiger partial charge in [-0.1, -0.05) is 30.3 Å². The van der Waals surface area contributed by atoms with Gasteiger partial charge >= 0.3 is 0 Å². The van der Waals surface area contributed by atoms with E-state index < -0.39 is 10.0 Å². The molecule has 2 N–H and O–H groups in total. The summed E-state index contributed by atoms with van der Waals surface area (Å²) in [5, 5.41) is 3.68. The molecule has 1 aliphatic heterocycles. The number of aromatic nitrogens is 1. The van der Waals surface area contributed by atoms with Crippen LogP contribution in [0.2, 0.25) is 0 Å². The number of pyridine rings is 1. The number of amidine groups is 1. The molecule has 1 aromatic heterocycles. The first-order chi connectivity index (χ1) is 14.5. The summed E-state index contributed by atoms with van der Waals surface area (Å²) in [6.07, 6.45) is 6.24. The number of carbonyl (C=O) groups excluding carboxylic acids is 1. The Morgan fingerprint density at radius 3 is 2.73 bits per heavy atom. The molecule has 0 fully saturated rings. The number of nitrogens with one attached hydrogen (secondary N) is 2. The molecule has 1 aliphatic rings. The molecule has 8 heteroatoms. The summed E-state index contributed by atoms with van der Waals surface area (Å²) < 4.78 is 27.6. The highest BCUT2D eigenvalue weighted by molar-refractivity contribution is 7.90. The Bertz CT molecular complexity index is 1260. The number of para-hydroxylation sites is 1. The van der Waals surface area contributed by atoms with Crippen LogP contribution in [0, 0.1) is 0 Å². The second kappa shape index (κ2) is 8.46. The fraction of sp³-hybridized carbons (Fsp3) is 0.136. The predicted octanol–water partition coefficient (Wildman–Crippen LogP) is 3.36. The molecule has 0 atom stereocenters. The minimum Gasteiger partial charge on any atom is -0.322 e. The first kappa shape index (κ1) is 19.8. The van der Waals surface area contributed by atoms with Gasteiger partial charge in [-0.25, -0.2) is 8.42 Å². The number of carbonyl (C=O) groups is 1. The number of anilines is 1. The van der Waals surface area contributed by atoms with Gasteiger partial charge < -0.3 is 5.32 Å².